The van der Waals surface area contributed by atoms with Gasteiger partial charge in [0, 0.05) is 18.4 Å². The molecular weight excluding hydrogens is 184 g/mol. The zero-order valence-electron chi connectivity index (χ0n) is 7.44. The quantitative estimate of drug-likeness (QED) is 0.720. The van der Waals surface area contributed by atoms with E-state index in [1.165, 1.54) is 0 Å². The van der Waals surface area contributed by atoms with Crippen LogP contribution in [-0.2, 0) is 0 Å². The first-order chi connectivity index (χ1) is 5.05. The number of halogens is 3. The summed E-state index contributed by atoms with van der Waals surface area (Å²) in [5.41, 5.74) is 0. The lowest BCUT2D eigenvalue weighted by molar-refractivity contribution is -0.0909. The van der Waals surface area contributed by atoms with Gasteiger partial charge in [-0.05, 0) is 13.0 Å². The zero-order valence-corrected chi connectivity index (χ0v) is 8.26. The predicted octanol–water partition coefficient (Wildman–Crippen LogP) is 2.31. The van der Waals surface area contributed by atoms with E-state index < -0.39 is 17.8 Å². The summed E-state index contributed by atoms with van der Waals surface area (Å²) in [6, 6.07) is 0. The number of alkyl halides is 2. The third-order valence-corrected chi connectivity index (χ3v) is 2.37. The molecule has 1 aliphatic heterocycles. The van der Waals surface area contributed by atoms with Gasteiger partial charge in [0.2, 0.25) is 0 Å². The standard InChI is InChI=1S/C8H15F2N.ClH/c1-6(2)8(9,10)7-3-4-11-5-7;/h6-7,11H,3-5H2,1-2H3;1H. The van der Waals surface area contributed by atoms with E-state index in [0.717, 1.165) is 6.54 Å². The summed E-state index contributed by atoms with van der Waals surface area (Å²) < 4.78 is 26.4. The maximum absolute atomic E-state index is 13.2. The lowest BCUT2D eigenvalue weighted by Gasteiger charge is -2.25. The molecule has 1 nitrogen and oxygen atoms in total. The molecule has 0 aliphatic carbocycles. The van der Waals surface area contributed by atoms with Crippen LogP contribution in [0.25, 0.3) is 0 Å². The Kier molecular flexibility index (Phi) is 4.42. The summed E-state index contributed by atoms with van der Waals surface area (Å²) in [6.07, 6.45) is 0.616. The molecule has 0 aromatic heterocycles. The highest BCUT2D eigenvalue weighted by atomic mass is 35.5. The van der Waals surface area contributed by atoms with Crippen LogP contribution >= 0.6 is 12.4 Å². The van der Waals surface area contributed by atoms with Crippen molar-refractivity contribution < 1.29 is 8.78 Å². The lowest BCUT2D eigenvalue weighted by atomic mass is 9.91. The molecule has 1 rings (SSSR count). The first-order valence-electron chi connectivity index (χ1n) is 4.13. The number of nitrogens with one attached hydrogen (secondary N) is 1. The third-order valence-electron chi connectivity index (χ3n) is 2.37. The molecule has 0 aromatic carbocycles. The molecule has 0 spiro atoms. The molecule has 1 fully saturated rings. The van der Waals surface area contributed by atoms with Crippen LogP contribution in [-0.4, -0.2) is 19.0 Å². The van der Waals surface area contributed by atoms with Gasteiger partial charge >= 0.3 is 0 Å². The van der Waals surface area contributed by atoms with Crippen molar-refractivity contribution in [3.05, 3.63) is 0 Å². The molecule has 1 saturated heterocycles. The number of hydrogen-bond acceptors (Lipinski definition) is 1. The molecule has 4 heteroatoms. The Morgan fingerprint density at radius 1 is 1.42 bits per heavy atom. The van der Waals surface area contributed by atoms with E-state index >= 15 is 0 Å². The van der Waals surface area contributed by atoms with Crippen LogP contribution in [0.5, 0.6) is 0 Å². The Hall–Kier alpha value is 0.110. The summed E-state index contributed by atoms with van der Waals surface area (Å²) in [5, 5.41) is 2.95. The summed E-state index contributed by atoms with van der Waals surface area (Å²) in [7, 11) is 0. The summed E-state index contributed by atoms with van der Waals surface area (Å²) in [6.45, 7) is 4.38. The molecule has 1 heterocycles. The Morgan fingerprint density at radius 3 is 2.33 bits per heavy atom. The smallest absolute Gasteiger partial charge is 0.254 e. The second-order valence-electron chi connectivity index (χ2n) is 3.52. The van der Waals surface area contributed by atoms with Crippen molar-refractivity contribution in [2.45, 2.75) is 26.2 Å². The first-order valence-corrected chi connectivity index (χ1v) is 4.13. The minimum atomic E-state index is -2.48. The molecule has 0 amide bonds. The van der Waals surface area contributed by atoms with E-state index in [1.54, 1.807) is 13.8 Å². The number of rotatable bonds is 2. The molecule has 0 saturated carbocycles. The highest BCUT2D eigenvalue weighted by molar-refractivity contribution is 5.85. The van der Waals surface area contributed by atoms with Crippen molar-refractivity contribution in [1.82, 2.24) is 5.32 Å². The van der Waals surface area contributed by atoms with E-state index in [9.17, 15) is 8.78 Å². The summed E-state index contributed by atoms with van der Waals surface area (Å²) in [4.78, 5) is 0. The topological polar surface area (TPSA) is 12.0 Å². The van der Waals surface area contributed by atoms with Crippen molar-refractivity contribution in [3.63, 3.8) is 0 Å². The number of hydrogen-bond donors (Lipinski definition) is 1. The Labute approximate surface area is 78.3 Å². The summed E-state index contributed by atoms with van der Waals surface area (Å²) in [5.74, 6) is -3.46. The van der Waals surface area contributed by atoms with Crippen LogP contribution < -0.4 is 5.32 Å². The molecule has 0 radical (unpaired) electrons. The van der Waals surface area contributed by atoms with Gasteiger partial charge in [0.15, 0.2) is 0 Å². The van der Waals surface area contributed by atoms with Crippen LogP contribution in [0.2, 0.25) is 0 Å². The SMILES string of the molecule is CC(C)C(F)(F)C1CCNC1.Cl. The fourth-order valence-electron chi connectivity index (χ4n) is 1.45. The van der Waals surface area contributed by atoms with Gasteiger partial charge in [-0.1, -0.05) is 13.8 Å². The van der Waals surface area contributed by atoms with E-state index in [1.807, 2.05) is 0 Å². The van der Waals surface area contributed by atoms with Gasteiger partial charge in [-0.25, -0.2) is 8.78 Å². The van der Waals surface area contributed by atoms with Crippen molar-refractivity contribution in [2.75, 3.05) is 13.1 Å². The third kappa shape index (κ3) is 2.30. The molecule has 74 valence electrons. The zero-order chi connectivity index (χ0) is 8.48. The monoisotopic (exact) mass is 199 g/mol. The molecule has 1 aliphatic rings. The van der Waals surface area contributed by atoms with Gasteiger partial charge < -0.3 is 5.32 Å². The van der Waals surface area contributed by atoms with E-state index in [0.29, 0.717) is 13.0 Å². The molecular formula is C8H16ClF2N. The van der Waals surface area contributed by atoms with Crippen molar-refractivity contribution in [2.24, 2.45) is 11.8 Å². The van der Waals surface area contributed by atoms with E-state index in [2.05, 4.69) is 5.32 Å². The van der Waals surface area contributed by atoms with Gasteiger partial charge in [-0.3, -0.25) is 0 Å². The molecule has 1 N–H and O–H groups in total. The van der Waals surface area contributed by atoms with Crippen LogP contribution in [0.15, 0.2) is 0 Å². The van der Waals surface area contributed by atoms with Crippen LogP contribution in [0.4, 0.5) is 8.78 Å². The fraction of sp³-hybridized carbons (Fsp3) is 1.00. The van der Waals surface area contributed by atoms with Crippen molar-refractivity contribution >= 4 is 12.4 Å². The molecule has 0 bridgehead atoms. The summed E-state index contributed by atoms with van der Waals surface area (Å²) >= 11 is 0. The van der Waals surface area contributed by atoms with Gasteiger partial charge in [0.1, 0.15) is 0 Å². The average Bonchev–Trinajstić information content (AvgIpc) is 2.37. The Morgan fingerprint density at radius 2 is 2.00 bits per heavy atom. The van der Waals surface area contributed by atoms with Gasteiger partial charge in [0.05, 0.1) is 0 Å². The maximum Gasteiger partial charge on any atom is 0.254 e. The molecule has 0 aromatic rings. The second-order valence-corrected chi connectivity index (χ2v) is 3.52. The fourth-order valence-corrected chi connectivity index (χ4v) is 1.45. The van der Waals surface area contributed by atoms with Gasteiger partial charge in [0.25, 0.3) is 5.92 Å². The van der Waals surface area contributed by atoms with Gasteiger partial charge in [-0.15, -0.1) is 12.4 Å². The van der Waals surface area contributed by atoms with Crippen LogP contribution in [0, 0.1) is 11.8 Å². The Bertz CT molecular complexity index is 133. The normalized spacial score (nSPS) is 24.2. The van der Waals surface area contributed by atoms with Gasteiger partial charge in [-0.2, -0.15) is 0 Å². The van der Waals surface area contributed by atoms with Crippen LogP contribution in [0.1, 0.15) is 20.3 Å². The predicted molar refractivity (Wildman–Crippen MR) is 48.0 cm³/mol. The highest BCUT2D eigenvalue weighted by Gasteiger charge is 2.43. The first kappa shape index (κ1) is 12.1. The molecule has 1 atom stereocenters. The average molecular weight is 200 g/mol. The Balaban J connectivity index is 0.00000121. The minimum Gasteiger partial charge on any atom is -0.316 e. The molecule has 1 unspecified atom stereocenters. The lowest BCUT2D eigenvalue weighted by Crippen LogP contribution is -2.35. The maximum atomic E-state index is 13.2. The largest absolute Gasteiger partial charge is 0.316 e. The second kappa shape index (κ2) is 4.38. The minimum absolute atomic E-state index is 0. The van der Waals surface area contributed by atoms with Crippen molar-refractivity contribution in [1.29, 1.82) is 0 Å². The van der Waals surface area contributed by atoms with Crippen molar-refractivity contribution in [3.8, 4) is 0 Å². The van der Waals surface area contributed by atoms with E-state index in [-0.39, 0.29) is 12.4 Å². The highest BCUT2D eigenvalue weighted by Crippen LogP contribution is 2.35. The van der Waals surface area contributed by atoms with E-state index in [4.69, 9.17) is 0 Å². The molecule has 12 heavy (non-hydrogen) atoms. The van der Waals surface area contributed by atoms with Crippen LogP contribution in [0.3, 0.4) is 0 Å².